The molecule has 0 atom stereocenters. The summed E-state index contributed by atoms with van der Waals surface area (Å²) in [5.41, 5.74) is 2.13. The number of nitrogens with zero attached hydrogens (tertiary/aromatic N) is 4. The first-order chi connectivity index (χ1) is 13.8. The molecule has 0 saturated carbocycles. The van der Waals surface area contributed by atoms with E-state index in [0.29, 0.717) is 22.5 Å². The molecule has 4 aromatic heterocycles. The molecule has 0 amide bonds. The third-order valence-corrected chi connectivity index (χ3v) is 3.68. The average molecular weight is 368 g/mol. The summed E-state index contributed by atoms with van der Waals surface area (Å²) in [6.45, 7) is 0. The van der Waals surface area contributed by atoms with Crippen molar-refractivity contribution >= 4 is 11.6 Å². The van der Waals surface area contributed by atoms with Gasteiger partial charge < -0.3 is 0 Å². The van der Waals surface area contributed by atoms with E-state index in [4.69, 9.17) is 0 Å². The van der Waals surface area contributed by atoms with Gasteiger partial charge in [-0.15, -0.1) is 0 Å². The molecule has 0 N–H and O–H groups in total. The summed E-state index contributed by atoms with van der Waals surface area (Å²) in [6.07, 6.45) is 9.61. The molecule has 6 nitrogen and oxygen atoms in total. The largest absolute Gasteiger partial charge is 0.289 e. The Bertz CT molecular complexity index is 855. The zero-order valence-corrected chi connectivity index (χ0v) is 14.8. The number of aromatic nitrogens is 4. The maximum Gasteiger partial charge on any atom is 0.229 e. The summed E-state index contributed by atoms with van der Waals surface area (Å²) >= 11 is 0. The van der Waals surface area contributed by atoms with E-state index in [1.807, 2.05) is 0 Å². The Morgan fingerprint density at radius 1 is 0.500 bits per heavy atom. The first kappa shape index (κ1) is 18.7. The summed E-state index contributed by atoms with van der Waals surface area (Å²) in [5, 5.41) is 0. The molecule has 6 heteroatoms. The fourth-order valence-corrected chi connectivity index (χ4v) is 2.30. The number of carbonyl (C=O) groups is 2. The molecule has 4 rings (SSSR count). The number of ketones is 2. The minimum absolute atomic E-state index is 0.00481. The standard InChI is InChI=1S/2C11H8N2O/c14-11(9-1-5-12-6-2-9)10-3-7-13-8-4-10;14-11(9-5-1-3-7-12-9)10-6-2-4-8-13-10/h2*1-8H. The summed E-state index contributed by atoms with van der Waals surface area (Å²) in [5.74, 6) is -0.152. The molecule has 4 heterocycles. The van der Waals surface area contributed by atoms with Crippen molar-refractivity contribution in [3.05, 3.63) is 120 Å². The first-order valence-electron chi connectivity index (χ1n) is 8.47. The van der Waals surface area contributed by atoms with Crippen LogP contribution < -0.4 is 0 Å². The van der Waals surface area contributed by atoms with E-state index in [0.717, 1.165) is 0 Å². The topological polar surface area (TPSA) is 85.7 Å². The summed E-state index contributed by atoms with van der Waals surface area (Å²) < 4.78 is 0. The summed E-state index contributed by atoms with van der Waals surface area (Å²) in [6, 6.07) is 17.3. The second kappa shape index (κ2) is 9.59. The van der Waals surface area contributed by atoms with Crippen molar-refractivity contribution in [2.45, 2.75) is 0 Å². The zero-order chi connectivity index (χ0) is 19.6. The maximum absolute atomic E-state index is 11.8. The number of hydrogen-bond donors (Lipinski definition) is 0. The van der Waals surface area contributed by atoms with Gasteiger partial charge in [0.25, 0.3) is 0 Å². The summed E-state index contributed by atoms with van der Waals surface area (Å²) in [7, 11) is 0. The van der Waals surface area contributed by atoms with Crippen LogP contribution in [0, 0.1) is 0 Å². The molecule has 0 bridgehead atoms. The molecule has 0 aliphatic rings. The van der Waals surface area contributed by atoms with Crippen LogP contribution >= 0.6 is 0 Å². The molecule has 0 unspecified atom stereocenters. The van der Waals surface area contributed by atoms with Crippen molar-refractivity contribution in [1.29, 1.82) is 0 Å². The van der Waals surface area contributed by atoms with Gasteiger partial charge in [-0.1, -0.05) is 12.1 Å². The van der Waals surface area contributed by atoms with Crippen molar-refractivity contribution in [3.8, 4) is 0 Å². The van der Waals surface area contributed by atoms with Crippen LogP contribution in [0.2, 0.25) is 0 Å². The highest BCUT2D eigenvalue weighted by Gasteiger charge is 2.09. The van der Waals surface area contributed by atoms with Crippen LogP contribution in [0.15, 0.2) is 97.8 Å². The molecule has 0 spiro atoms. The molecule has 0 fully saturated rings. The van der Waals surface area contributed by atoms with Crippen molar-refractivity contribution in [3.63, 3.8) is 0 Å². The molecule has 0 radical (unpaired) electrons. The first-order valence-corrected chi connectivity index (χ1v) is 8.47. The fourth-order valence-electron chi connectivity index (χ4n) is 2.30. The fraction of sp³-hybridized carbons (Fsp3) is 0. The molecule has 4 aromatic rings. The van der Waals surface area contributed by atoms with Crippen molar-refractivity contribution < 1.29 is 9.59 Å². The minimum Gasteiger partial charge on any atom is -0.289 e. The number of hydrogen-bond acceptors (Lipinski definition) is 6. The Morgan fingerprint density at radius 3 is 1.29 bits per heavy atom. The van der Waals surface area contributed by atoms with Gasteiger partial charge in [-0.05, 0) is 48.5 Å². The van der Waals surface area contributed by atoms with Gasteiger partial charge in [0.05, 0.1) is 0 Å². The molecule has 28 heavy (non-hydrogen) atoms. The molecule has 0 aromatic carbocycles. The number of carbonyl (C=O) groups excluding carboxylic acids is 2. The molecule has 0 aliphatic heterocycles. The van der Waals surface area contributed by atoms with Crippen molar-refractivity contribution in [2.75, 3.05) is 0 Å². The van der Waals surface area contributed by atoms with Crippen LogP contribution in [0.25, 0.3) is 0 Å². The van der Waals surface area contributed by atoms with Gasteiger partial charge in [0.15, 0.2) is 5.78 Å². The van der Waals surface area contributed by atoms with Gasteiger partial charge in [-0.25, -0.2) is 0 Å². The van der Waals surface area contributed by atoms with Crippen LogP contribution in [0.4, 0.5) is 0 Å². The SMILES string of the molecule is O=C(c1ccccn1)c1ccccn1.O=C(c1ccncc1)c1ccncc1. The Balaban J connectivity index is 0.000000161. The lowest BCUT2D eigenvalue weighted by atomic mass is 10.1. The van der Waals surface area contributed by atoms with Crippen LogP contribution in [-0.2, 0) is 0 Å². The number of rotatable bonds is 4. The van der Waals surface area contributed by atoms with Crippen LogP contribution in [0.5, 0.6) is 0 Å². The average Bonchev–Trinajstić information content (AvgIpc) is 2.81. The highest BCUT2D eigenvalue weighted by molar-refractivity contribution is 6.08. The highest BCUT2D eigenvalue weighted by atomic mass is 16.1. The quantitative estimate of drug-likeness (QED) is 0.513. The molecular weight excluding hydrogens is 352 g/mol. The van der Waals surface area contributed by atoms with E-state index >= 15 is 0 Å². The Hall–Kier alpha value is -4.06. The second-order valence-electron chi connectivity index (χ2n) is 5.56. The molecular formula is C22H16N4O2. The van der Waals surface area contributed by atoms with Crippen LogP contribution in [0.3, 0.4) is 0 Å². The monoisotopic (exact) mass is 368 g/mol. The second-order valence-corrected chi connectivity index (χ2v) is 5.56. The molecule has 0 saturated heterocycles. The molecule has 0 aliphatic carbocycles. The van der Waals surface area contributed by atoms with Crippen molar-refractivity contribution in [1.82, 2.24) is 19.9 Å². The van der Waals surface area contributed by atoms with E-state index in [9.17, 15) is 9.59 Å². The maximum atomic E-state index is 11.8. The van der Waals surface area contributed by atoms with Gasteiger partial charge in [-0.3, -0.25) is 29.5 Å². The van der Waals surface area contributed by atoms with E-state index in [-0.39, 0.29) is 11.6 Å². The lowest BCUT2D eigenvalue weighted by Crippen LogP contribution is -2.05. The zero-order valence-electron chi connectivity index (χ0n) is 14.8. The van der Waals surface area contributed by atoms with Crippen molar-refractivity contribution in [2.24, 2.45) is 0 Å². The van der Waals surface area contributed by atoms with Gasteiger partial charge in [0.1, 0.15) is 11.4 Å². The van der Waals surface area contributed by atoms with Crippen LogP contribution in [0.1, 0.15) is 32.1 Å². The van der Waals surface area contributed by atoms with Gasteiger partial charge in [-0.2, -0.15) is 0 Å². The Kier molecular flexibility index (Phi) is 6.41. The van der Waals surface area contributed by atoms with Crippen LogP contribution in [-0.4, -0.2) is 31.5 Å². The Labute approximate surface area is 162 Å². The van der Waals surface area contributed by atoms with Gasteiger partial charge in [0.2, 0.25) is 5.78 Å². The smallest absolute Gasteiger partial charge is 0.229 e. The highest BCUT2D eigenvalue weighted by Crippen LogP contribution is 2.07. The minimum atomic E-state index is -0.147. The van der Waals surface area contributed by atoms with Gasteiger partial charge in [0, 0.05) is 48.3 Å². The predicted molar refractivity (Wildman–Crippen MR) is 104 cm³/mol. The summed E-state index contributed by atoms with van der Waals surface area (Å²) in [4.78, 5) is 39.2. The Morgan fingerprint density at radius 2 is 0.929 bits per heavy atom. The number of pyridine rings is 4. The van der Waals surface area contributed by atoms with E-state index < -0.39 is 0 Å². The van der Waals surface area contributed by atoms with E-state index in [1.54, 1.807) is 97.8 Å². The third kappa shape index (κ3) is 4.98. The van der Waals surface area contributed by atoms with E-state index in [2.05, 4.69) is 19.9 Å². The normalized spacial score (nSPS) is 9.71. The van der Waals surface area contributed by atoms with E-state index in [1.165, 1.54) is 0 Å². The molecule has 136 valence electrons. The lowest BCUT2D eigenvalue weighted by molar-refractivity contribution is 0.102. The lowest BCUT2D eigenvalue weighted by Gasteiger charge is -1.98. The van der Waals surface area contributed by atoms with Gasteiger partial charge >= 0.3 is 0 Å². The third-order valence-electron chi connectivity index (χ3n) is 3.68. The predicted octanol–water partition coefficient (Wildman–Crippen LogP) is 3.42.